The largest absolute Gasteiger partial charge is 0.465 e. The monoisotopic (exact) mass is 216 g/mol. The summed E-state index contributed by atoms with van der Waals surface area (Å²) in [5, 5.41) is 20.7. The van der Waals surface area contributed by atoms with Crippen molar-refractivity contribution in [1.82, 2.24) is 0 Å². The molecule has 1 rings (SSSR count). The molecule has 0 aliphatic heterocycles. The minimum atomic E-state index is -1.29. The predicted molar refractivity (Wildman–Crippen MR) is 49.8 cm³/mol. The lowest BCUT2D eigenvalue weighted by atomic mass is 10.3. The van der Waals surface area contributed by atoms with E-state index in [2.05, 4.69) is 0 Å². The lowest BCUT2D eigenvalue weighted by molar-refractivity contribution is -0.384. The van der Waals surface area contributed by atoms with E-state index in [1.165, 1.54) is 12.1 Å². The summed E-state index contributed by atoms with van der Waals surface area (Å²) in [6.45, 7) is 0. The molecule has 6 nitrogen and oxygen atoms in total. The minimum Gasteiger partial charge on any atom is -0.465 e. The first-order chi connectivity index (χ1) is 6.50. The Morgan fingerprint density at radius 3 is 2.71 bits per heavy atom. The Morgan fingerprint density at radius 1 is 1.57 bits per heavy atom. The Labute approximate surface area is 83.3 Å². The Balaban J connectivity index is 3.06. The first-order valence-corrected chi connectivity index (χ1v) is 3.82. The molecule has 0 aliphatic carbocycles. The summed E-state index contributed by atoms with van der Waals surface area (Å²) in [6.07, 6.45) is -1.29. The first-order valence-electron chi connectivity index (χ1n) is 3.44. The van der Waals surface area contributed by atoms with Gasteiger partial charge >= 0.3 is 6.09 Å². The van der Waals surface area contributed by atoms with Gasteiger partial charge < -0.3 is 5.11 Å². The maximum atomic E-state index is 10.4. The van der Waals surface area contributed by atoms with Gasteiger partial charge in [-0.15, -0.1) is 0 Å². The molecule has 7 heteroatoms. The molecule has 0 saturated heterocycles. The third-order valence-electron chi connectivity index (χ3n) is 1.39. The molecule has 0 aliphatic rings. The third-order valence-corrected chi connectivity index (χ3v) is 1.71. The van der Waals surface area contributed by atoms with Crippen molar-refractivity contribution in [3.8, 4) is 0 Å². The van der Waals surface area contributed by atoms with E-state index < -0.39 is 11.0 Å². The van der Waals surface area contributed by atoms with E-state index in [9.17, 15) is 14.9 Å². The van der Waals surface area contributed by atoms with Gasteiger partial charge in [-0.2, -0.15) is 0 Å². The van der Waals surface area contributed by atoms with Gasteiger partial charge in [0.05, 0.1) is 10.6 Å². The van der Waals surface area contributed by atoms with E-state index >= 15 is 0 Å². The van der Waals surface area contributed by atoms with Crippen molar-refractivity contribution in [3.05, 3.63) is 33.3 Å². The van der Waals surface area contributed by atoms with Gasteiger partial charge in [-0.1, -0.05) is 11.6 Å². The van der Waals surface area contributed by atoms with Gasteiger partial charge in [0.15, 0.2) is 0 Å². The fourth-order valence-corrected chi connectivity index (χ4v) is 1.04. The highest BCUT2D eigenvalue weighted by Crippen LogP contribution is 2.27. The zero-order chi connectivity index (χ0) is 10.7. The van der Waals surface area contributed by atoms with E-state index in [0.717, 1.165) is 6.07 Å². The van der Waals surface area contributed by atoms with Crippen LogP contribution in [0.15, 0.2) is 18.2 Å². The van der Waals surface area contributed by atoms with Gasteiger partial charge in [0, 0.05) is 6.07 Å². The van der Waals surface area contributed by atoms with Crippen molar-refractivity contribution >= 4 is 29.1 Å². The molecule has 0 saturated carbocycles. The van der Waals surface area contributed by atoms with Gasteiger partial charge in [0.25, 0.3) is 5.69 Å². The number of hydrogen-bond acceptors (Lipinski definition) is 3. The van der Waals surface area contributed by atoms with Crippen LogP contribution < -0.4 is 5.32 Å². The highest BCUT2D eigenvalue weighted by atomic mass is 35.5. The van der Waals surface area contributed by atoms with Gasteiger partial charge in [-0.05, 0) is 12.1 Å². The fraction of sp³-hybridized carbons (Fsp3) is 0. The molecule has 1 aromatic rings. The molecule has 1 aromatic carbocycles. The highest BCUT2D eigenvalue weighted by Gasteiger charge is 2.13. The Morgan fingerprint density at radius 2 is 2.21 bits per heavy atom. The lowest BCUT2D eigenvalue weighted by Gasteiger charge is -2.00. The molecule has 0 heterocycles. The summed E-state index contributed by atoms with van der Waals surface area (Å²) in [5.41, 5.74) is -0.230. The molecule has 14 heavy (non-hydrogen) atoms. The number of carboxylic acid groups (broad SMARTS) is 1. The second-order valence-corrected chi connectivity index (χ2v) is 2.76. The van der Waals surface area contributed by atoms with Crippen molar-refractivity contribution in [1.29, 1.82) is 0 Å². The number of carbonyl (C=O) groups is 1. The molecule has 0 spiro atoms. The predicted octanol–water partition coefficient (Wildman–Crippen LogP) is 2.34. The van der Waals surface area contributed by atoms with Crippen molar-refractivity contribution in [2.45, 2.75) is 0 Å². The maximum Gasteiger partial charge on any atom is 0.409 e. The van der Waals surface area contributed by atoms with Crippen molar-refractivity contribution in [2.24, 2.45) is 0 Å². The number of nitrogens with zero attached hydrogens (tertiary/aromatic N) is 1. The first kappa shape index (κ1) is 10.3. The van der Waals surface area contributed by atoms with Crippen LogP contribution >= 0.6 is 11.6 Å². The molecule has 0 fully saturated rings. The molecule has 0 unspecified atom stereocenters. The van der Waals surface area contributed by atoms with Crippen LogP contribution in [0.25, 0.3) is 0 Å². The maximum absolute atomic E-state index is 10.4. The molecule has 1 amide bonds. The normalized spacial score (nSPS) is 9.50. The molecular weight excluding hydrogens is 212 g/mol. The molecule has 0 atom stereocenters. The number of hydrogen-bond donors (Lipinski definition) is 2. The number of nitro groups is 1. The topological polar surface area (TPSA) is 92.5 Å². The Bertz CT molecular complexity index is 393. The third kappa shape index (κ3) is 2.33. The Hall–Kier alpha value is -1.82. The summed E-state index contributed by atoms with van der Waals surface area (Å²) in [4.78, 5) is 19.9. The lowest BCUT2D eigenvalue weighted by Crippen LogP contribution is -2.07. The number of rotatable bonds is 2. The van der Waals surface area contributed by atoms with Crippen LogP contribution in [-0.4, -0.2) is 16.1 Å². The second kappa shape index (κ2) is 3.93. The second-order valence-electron chi connectivity index (χ2n) is 2.35. The van der Waals surface area contributed by atoms with Crippen LogP contribution in [0.3, 0.4) is 0 Å². The van der Waals surface area contributed by atoms with E-state index in [1.54, 1.807) is 0 Å². The van der Waals surface area contributed by atoms with E-state index in [0.29, 0.717) is 0 Å². The zero-order valence-electron chi connectivity index (χ0n) is 6.73. The quantitative estimate of drug-likeness (QED) is 0.586. The van der Waals surface area contributed by atoms with Gasteiger partial charge in [-0.3, -0.25) is 15.4 Å². The summed E-state index contributed by atoms with van der Waals surface area (Å²) < 4.78 is 0. The van der Waals surface area contributed by atoms with E-state index in [4.69, 9.17) is 16.7 Å². The number of anilines is 1. The fourth-order valence-electron chi connectivity index (χ4n) is 0.854. The summed E-state index contributed by atoms with van der Waals surface area (Å²) in [5.74, 6) is 0. The smallest absolute Gasteiger partial charge is 0.409 e. The van der Waals surface area contributed by atoms with Crippen LogP contribution in [0, 0.1) is 10.1 Å². The molecular formula is C7H5ClN2O4. The zero-order valence-corrected chi connectivity index (χ0v) is 7.49. The molecule has 74 valence electrons. The van der Waals surface area contributed by atoms with Crippen molar-refractivity contribution in [2.75, 3.05) is 5.32 Å². The standard InChI is InChI=1S/C7H5ClN2O4/c8-5-2-1-4(9-7(11)12)3-6(5)10(13)14/h1-3,9H,(H,11,12). The summed E-state index contributed by atoms with van der Waals surface area (Å²) in [6, 6.07) is 3.64. The molecule has 0 radical (unpaired) electrons. The number of nitro benzene ring substituents is 1. The number of amides is 1. The average molecular weight is 217 g/mol. The summed E-state index contributed by atoms with van der Waals surface area (Å²) >= 11 is 5.51. The molecule has 2 N–H and O–H groups in total. The molecule has 0 aromatic heterocycles. The van der Waals surface area contributed by atoms with Gasteiger partial charge in [0.2, 0.25) is 0 Å². The van der Waals surface area contributed by atoms with Gasteiger partial charge in [-0.25, -0.2) is 4.79 Å². The van der Waals surface area contributed by atoms with Crippen molar-refractivity contribution < 1.29 is 14.8 Å². The summed E-state index contributed by atoms with van der Waals surface area (Å²) in [7, 11) is 0. The van der Waals surface area contributed by atoms with Crippen LogP contribution in [0.2, 0.25) is 5.02 Å². The average Bonchev–Trinajstić information content (AvgIpc) is 2.07. The number of nitrogens with one attached hydrogen (secondary N) is 1. The minimum absolute atomic E-state index is 0.0362. The van der Waals surface area contributed by atoms with Gasteiger partial charge in [0.1, 0.15) is 5.02 Å². The number of benzene rings is 1. The van der Waals surface area contributed by atoms with Crippen LogP contribution in [0.1, 0.15) is 0 Å². The molecule has 0 bridgehead atoms. The van der Waals surface area contributed by atoms with E-state index in [-0.39, 0.29) is 16.4 Å². The van der Waals surface area contributed by atoms with Crippen molar-refractivity contribution in [3.63, 3.8) is 0 Å². The SMILES string of the molecule is O=C(O)Nc1ccc(Cl)c([N+](=O)[O-])c1. The van der Waals surface area contributed by atoms with Crippen LogP contribution in [-0.2, 0) is 0 Å². The van der Waals surface area contributed by atoms with E-state index in [1.807, 2.05) is 5.32 Å². The number of halogens is 1. The van der Waals surface area contributed by atoms with Crippen LogP contribution in [0.4, 0.5) is 16.2 Å². The Kier molecular flexibility index (Phi) is 2.88. The van der Waals surface area contributed by atoms with Crippen LogP contribution in [0.5, 0.6) is 0 Å². The highest BCUT2D eigenvalue weighted by molar-refractivity contribution is 6.32.